The second-order valence-electron chi connectivity index (χ2n) is 7.19. The Morgan fingerprint density at radius 2 is 1.26 bits per heavy atom. The third kappa shape index (κ3) is 5.43. The minimum absolute atomic E-state index is 0.0627. The molecule has 3 heteroatoms. The first-order valence-corrected chi connectivity index (χ1v) is 10.2. The molecule has 3 nitrogen and oxygen atoms in total. The van der Waals surface area contributed by atoms with Gasteiger partial charge in [0.1, 0.15) is 12.5 Å². The van der Waals surface area contributed by atoms with Crippen LogP contribution >= 0.6 is 0 Å². The first-order valence-electron chi connectivity index (χ1n) is 10.2. The van der Waals surface area contributed by atoms with Crippen molar-refractivity contribution in [1.82, 2.24) is 0 Å². The van der Waals surface area contributed by atoms with Crippen LogP contribution in [0, 0.1) is 0 Å². The first kappa shape index (κ1) is 21.2. The summed E-state index contributed by atoms with van der Waals surface area (Å²) in [6.07, 6.45) is 0.773. The van der Waals surface area contributed by atoms with Crippen LogP contribution in [0.2, 0.25) is 0 Å². The number of quaternary nitrogens is 1. The van der Waals surface area contributed by atoms with Gasteiger partial charge in [-0.05, 0) is 38.3 Å². The Labute approximate surface area is 164 Å². The number of benzene rings is 2. The number of ether oxygens (including phenoxy) is 1. The minimum atomic E-state index is -0.381. The monoisotopic (exact) mass is 368 g/mol. The van der Waals surface area contributed by atoms with Crippen LogP contribution < -0.4 is 0 Å². The fourth-order valence-electron chi connectivity index (χ4n) is 3.73. The van der Waals surface area contributed by atoms with E-state index in [1.165, 1.54) is 0 Å². The highest BCUT2D eigenvalue weighted by molar-refractivity contribution is 5.82. The van der Waals surface area contributed by atoms with E-state index in [0.717, 1.165) is 48.2 Å². The zero-order valence-electron chi connectivity index (χ0n) is 17.2. The average Bonchev–Trinajstić information content (AvgIpc) is 2.73. The lowest BCUT2D eigenvalue weighted by atomic mass is 9.91. The summed E-state index contributed by atoms with van der Waals surface area (Å²) in [6.45, 7) is 12.8. The van der Waals surface area contributed by atoms with Gasteiger partial charge in [-0.3, -0.25) is 4.79 Å². The highest BCUT2D eigenvalue weighted by Gasteiger charge is 2.31. The number of likely N-dealkylation sites (N-methyl/N-ethyl adjacent to an activating group) is 1. The van der Waals surface area contributed by atoms with Gasteiger partial charge in [-0.25, -0.2) is 0 Å². The third-order valence-corrected chi connectivity index (χ3v) is 5.84. The SMILES string of the molecule is CC[C@@H](C[N+](CC)(CC)CC)OC(=O)C(c1ccccc1)c1ccccc1. The van der Waals surface area contributed by atoms with Gasteiger partial charge in [0, 0.05) is 0 Å². The number of esters is 1. The topological polar surface area (TPSA) is 26.3 Å². The van der Waals surface area contributed by atoms with Gasteiger partial charge in [0.05, 0.1) is 19.6 Å². The normalized spacial score (nSPS) is 12.8. The molecule has 0 heterocycles. The van der Waals surface area contributed by atoms with Crippen LogP contribution in [0.15, 0.2) is 60.7 Å². The molecule has 0 saturated carbocycles. The van der Waals surface area contributed by atoms with Crippen molar-refractivity contribution in [3.05, 3.63) is 71.8 Å². The lowest BCUT2D eigenvalue weighted by Gasteiger charge is -2.38. The molecule has 0 aliphatic rings. The lowest BCUT2D eigenvalue weighted by molar-refractivity contribution is -0.925. The molecule has 0 amide bonds. The molecule has 2 rings (SSSR count). The molecule has 0 radical (unpaired) electrons. The molecule has 0 saturated heterocycles. The van der Waals surface area contributed by atoms with E-state index in [1.54, 1.807) is 0 Å². The van der Waals surface area contributed by atoms with Gasteiger partial charge in [0.15, 0.2) is 6.10 Å². The molecule has 0 aliphatic heterocycles. The Bertz CT molecular complexity index is 632. The van der Waals surface area contributed by atoms with Crippen LogP contribution in [0.5, 0.6) is 0 Å². The molecule has 0 bridgehead atoms. The predicted octanol–water partition coefficient (Wildman–Crippen LogP) is 5.02. The molecule has 0 aromatic heterocycles. The maximum atomic E-state index is 13.2. The summed E-state index contributed by atoms with van der Waals surface area (Å²) in [7, 11) is 0. The number of carbonyl (C=O) groups is 1. The summed E-state index contributed by atoms with van der Waals surface area (Å²) in [6, 6.07) is 19.9. The second-order valence-corrected chi connectivity index (χ2v) is 7.19. The molecule has 2 aromatic carbocycles. The highest BCUT2D eigenvalue weighted by atomic mass is 16.5. The fourth-order valence-corrected chi connectivity index (χ4v) is 3.73. The van der Waals surface area contributed by atoms with Crippen molar-refractivity contribution < 1.29 is 14.0 Å². The van der Waals surface area contributed by atoms with Crippen molar-refractivity contribution >= 4 is 5.97 Å². The molecule has 1 atom stereocenters. The smallest absolute Gasteiger partial charge is 0.318 e. The van der Waals surface area contributed by atoms with Crippen LogP contribution in [-0.4, -0.2) is 42.7 Å². The Kier molecular flexibility index (Phi) is 8.05. The van der Waals surface area contributed by atoms with Crippen molar-refractivity contribution in [2.24, 2.45) is 0 Å². The second kappa shape index (κ2) is 10.3. The Morgan fingerprint density at radius 1 is 0.815 bits per heavy atom. The summed E-state index contributed by atoms with van der Waals surface area (Å²) >= 11 is 0. The Hall–Kier alpha value is -2.13. The van der Waals surface area contributed by atoms with Gasteiger partial charge in [0.2, 0.25) is 0 Å². The Morgan fingerprint density at radius 3 is 1.63 bits per heavy atom. The van der Waals surface area contributed by atoms with E-state index in [0.29, 0.717) is 0 Å². The maximum Gasteiger partial charge on any atom is 0.318 e. The maximum absolute atomic E-state index is 13.2. The predicted molar refractivity (Wildman–Crippen MR) is 112 cm³/mol. The molecular formula is C24H34NO2+. The largest absolute Gasteiger partial charge is 0.456 e. The van der Waals surface area contributed by atoms with Crippen molar-refractivity contribution in [2.45, 2.75) is 46.1 Å². The number of rotatable bonds is 10. The van der Waals surface area contributed by atoms with E-state index in [1.807, 2.05) is 60.7 Å². The number of carbonyl (C=O) groups excluding carboxylic acids is 1. The van der Waals surface area contributed by atoms with Gasteiger partial charge < -0.3 is 9.22 Å². The number of nitrogens with zero attached hydrogens (tertiary/aromatic N) is 1. The van der Waals surface area contributed by atoms with Crippen LogP contribution in [0.1, 0.15) is 51.2 Å². The fraction of sp³-hybridized carbons (Fsp3) is 0.458. The lowest BCUT2D eigenvalue weighted by Crippen LogP contribution is -2.52. The zero-order valence-corrected chi connectivity index (χ0v) is 17.2. The third-order valence-electron chi connectivity index (χ3n) is 5.84. The molecule has 0 spiro atoms. The van der Waals surface area contributed by atoms with Gasteiger partial charge >= 0.3 is 5.97 Å². The summed E-state index contributed by atoms with van der Waals surface area (Å²) in [5, 5.41) is 0. The van der Waals surface area contributed by atoms with Crippen LogP contribution in [0.4, 0.5) is 0 Å². The summed E-state index contributed by atoms with van der Waals surface area (Å²) in [5.74, 6) is -0.533. The van der Waals surface area contributed by atoms with Gasteiger partial charge in [0.25, 0.3) is 0 Å². The molecule has 0 fully saturated rings. The average molecular weight is 369 g/mol. The molecule has 27 heavy (non-hydrogen) atoms. The molecule has 2 aromatic rings. The van der Waals surface area contributed by atoms with E-state index in [2.05, 4.69) is 27.7 Å². The van der Waals surface area contributed by atoms with Crippen molar-refractivity contribution in [2.75, 3.05) is 26.2 Å². The van der Waals surface area contributed by atoms with Crippen LogP contribution in [-0.2, 0) is 9.53 Å². The first-order chi connectivity index (χ1) is 13.1. The molecule has 0 unspecified atom stereocenters. The van der Waals surface area contributed by atoms with E-state index in [4.69, 9.17) is 4.74 Å². The molecular weight excluding hydrogens is 334 g/mol. The molecule has 146 valence electrons. The van der Waals surface area contributed by atoms with Gasteiger partial charge in [-0.2, -0.15) is 0 Å². The summed E-state index contributed by atoms with van der Waals surface area (Å²) in [4.78, 5) is 13.2. The van der Waals surface area contributed by atoms with Crippen LogP contribution in [0.3, 0.4) is 0 Å². The quantitative estimate of drug-likeness (QED) is 0.435. The van der Waals surface area contributed by atoms with Crippen molar-refractivity contribution in [3.63, 3.8) is 0 Å². The number of hydrogen-bond acceptors (Lipinski definition) is 2. The van der Waals surface area contributed by atoms with E-state index >= 15 is 0 Å². The van der Waals surface area contributed by atoms with Gasteiger partial charge in [-0.15, -0.1) is 0 Å². The molecule has 0 aliphatic carbocycles. The van der Waals surface area contributed by atoms with Gasteiger partial charge in [-0.1, -0.05) is 67.6 Å². The van der Waals surface area contributed by atoms with E-state index in [9.17, 15) is 4.79 Å². The van der Waals surface area contributed by atoms with E-state index in [-0.39, 0.29) is 18.0 Å². The summed E-state index contributed by atoms with van der Waals surface area (Å²) < 4.78 is 7.06. The van der Waals surface area contributed by atoms with Crippen LogP contribution in [0.25, 0.3) is 0 Å². The summed E-state index contributed by atoms with van der Waals surface area (Å²) in [5.41, 5.74) is 1.96. The van der Waals surface area contributed by atoms with Crippen molar-refractivity contribution in [1.29, 1.82) is 0 Å². The van der Waals surface area contributed by atoms with Crippen molar-refractivity contribution in [3.8, 4) is 0 Å². The minimum Gasteiger partial charge on any atom is -0.456 e. The highest BCUT2D eigenvalue weighted by Crippen LogP contribution is 2.27. The zero-order chi connectivity index (χ0) is 19.7. The Balaban J connectivity index is 2.25. The number of hydrogen-bond donors (Lipinski definition) is 0. The van der Waals surface area contributed by atoms with E-state index < -0.39 is 0 Å². The molecule has 0 N–H and O–H groups in total. The standard InChI is InChI=1S/C24H34NO2/c1-5-22(19-25(6-2,7-3)8-4)27-24(26)23(20-15-11-9-12-16-20)21-17-13-10-14-18-21/h9-18,22-23H,5-8,19H2,1-4H3/q+1/t22-/m0/s1.